The van der Waals surface area contributed by atoms with Crippen LogP contribution in [0.5, 0.6) is 0 Å². The molecule has 0 radical (unpaired) electrons. The number of aryl methyl sites for hydroxylation is 1. The highest BCUT2D eigenvalue weighted by Gasteiger charge is 2.27. The van der Waals surface area contributed by atoms with E-state index in [0.717, 1.165) is 37.4 Å². The number of hydrogen-bond donors (Lipinski definition) is 1. The summed E-state index contributed by atoms with van der Waals surface area (Å²) < 4.78 is 7.06. The Morgan fingerprint density at radius 1 is 1.45 bits per heavy atom. The monoisotopic (exact) mass is 303 g/mol. The highest BCUT2D eigenvalue weighted by molar-refractivity contribution is 5.93. The zero-order valence-electron chi connectivity index (χ0n) is 12.7. The van der Waals surface area contributed by atoms with E-state index in [1.165, 1.54) is 12.5 Å². The molecule has 1 aliphatic rings. The average Bonchev–Trinajstić information content (AvgIpc) is 3.18. The number of aliphatic hydroxyl groups excluding tert-OH is 1. The molecule has 1 fully saturated rings. The average molecular weight is 303 g/mol. The van der Waals surface area contributed by atoms with Gasteiger partial charge in [0.25, 0.3) is 5.91 Å². The fraction of sp³-hybridized carbons (Fsp3) is 0.500. The van der Waals surface area contributed by atoms with Crippen molar-refractivity contribution in [1.29, 1.82) is 0 Å². The van der Waals surface area contributed by atoms with Crippen LogP contribution in [0.3, 0.4) is 0 Å². The second-order valence-corrected chi connectivity index (χ2v) is 5.71. The Kier molecular flexibility index (Phi) is 4.29. The third kappa shape index (κ3) is 2.78. The van der Waals surface area contributed by atoms with Crippen LogP contribution >= 0.6 is 0 Å². The predicted molar refractivity (Wildman–Crippen MR) is 80.6 cm³/mol. The van der Waals surface area contributed by atoms with Crippen molar-refractivity contribution < 1.29 is 14.3 Å². The van der Waals surface area contributed by atoms with E-state index >= 15 is 0 Å². The molecule has 1 aliphatic heterocycles. The van der Waals surface area contributed by atoms with Gasteiger partial charge in [-0.2, -0.15) is 0 Å². The van der Waals surface area contributed by atoms with Gasteiger partial charge in [0.05, 0.1) is 18.4 Å². The first-order valence-electron chi connectivity index (χ1n) is 7.65. The smallest absolute Gasteiger partial charge is 0.257 e. The minimum atomic E-state index is 0.0297. The van der Waals surface area contributed by atoms with E-state index < -0.39 is 0 Å². The Labute approximate surface area is 129 Å². The van der Waals surface area contributed by atoms with Crippen molar-refractivity contribution in [3.63, 3.8) is 0 Å². The standard InChI is InChI=1S/C16H21N3O3/c1-12-10-17-15(19(12)7-8-20)13-2-5-18(6-3-13)16(21)14-4-9-22-11-14/h4,9-11,13,20H,2-3,5-8H2,1H3. The number of furan rings is 1. The van der Waals surface area contributed by atoms with Gasteiger partial charge in [0.1, 0.15) is 12.1 Å². The maximum atomic E-state index is 12.3. The summed E-state index contributed by atoms with van der Waals surface area (Å²) >= 11 is 0. The molecule has 6 heteroatoms. The first-order valence-corrected chi connectivity index (χ1v) is 7.65. The minimum absolute atomic E-state index is 0.0297. The van der Waals surface area contributed by atoms with Crippen molar-refractivity contribution >= 4 is 5.91 Å². The summed E-state index contributed by atoms with van der Waals surface area (Å²) in [4.78, 5) is 18.7. The molecule has 0 bridgehead atoms. The van der Waals surface area contributed by atoms with Crippen molar-refractivity contribution in [2.45, 2.75) is 32.2 Å². The second kappa shape index (κ2) is 6.36. The number of aliphatic hydroxyl groups is 1. The van der Waals surface area contributed by atoms with Crippen molar-refractivity contribution in [1.82, 2.24) is 14.5 Å². The lowest BCUT2D eigenvalue weighted by Crippen LogP contribution is -2.38. The van der Waals surface area contributed by atoms with Gasteiger partial charge in [-0.3, -0.25) is 4.79 Å². The number of imidazole rings is 1. The van der Waals surface area contributed by atoms with Gasteiger partial charge in [-0.15, -0.1) is 0 Å². The Morgan fingerprint density at radius 3 is 2.86 bits per heavy atom. The maximum Gasteiger partial charge on any atom is 0.257 e. The lowest BCUT2D eigenvalue weighted by atomic mass is 9.95. The lowest BCUT2D eigenvalue weighted by molar-refractivity contribution is 0.0709. The normalized spacial score (nSPS) is 16.2. The molecule has 0 spiro atoms. The number of amides is 1. The van der Waals surface area contributed by atoms with Crippen molar-refractivity contribution in [3.05, 3.63) is 41.9 Å². The molecule has 0 saturated carbocycles. The number of nitrogens with zero attached hydrogens (tertiary/aromatic N) is 3. The molecule has 118 valence electrons. The van der Waals surface area contributed by atoms with Crippen molar-refractivity contribution in [2.75, 3.05) is 19.7 Å². The van der Waals surface area contributed by atoms with Crippen LogP contribution in [0.1, 0.15) is 40.6 Å². The SMILES string of the molecule is Cc1cnc(C2CCN(C(=O)c3ccoc3)CC2)n1CCO. The van der Waals surface area contributed by atoms with E-state index in [2.05, 4.69) is 9.55 Å². The summed E-state index contributed by atoms with van der Waals surface area (Å²) in [5.74, 6) is 1.40. The van der Waals surface area contributed by atoms with Crippen molar-refractivity contribution in [2.24, 2.45) is 0 Å². The summed E-state index contributed by atoms with van der Waals surface area (Å²) in [6.07, 6.45) is 6.66. The van der Waals surface area contributed by atoms with E-state index in [1.807, 2.05) is 18.0 Å². The van der Waals surface area contributed by atoms with Gasteiger partial charge >= 0.3 is 0 Å². The molecule has 0 unspecified atom stereocenters. The first kappa shape index (κ1) is 14.8. The number of piperidine rings is 1. The van der Waals surface area contributed by atoms with Crippen LogP contribution in [0, 0.1) is 6.92 Å². The summed E-state index contributed by atoms with van der Waals surface area (Å²) in [6, 6.07) is 1.70. The molecule has 0 aromatic carbocycles. The van der Waals surface area contributed by atoms with Crippen LogP contribution in [0.2, 0.25) is 0 Å². The fourth-order valence-electron chi connectivity index (χ4n) is 3.11. The number of likely N-dealkylation sites (tertiary alicyclic amines) is 1. The molecule has 2 aromatic rings. The molecule has 1 saturated heterocycles. The van der Waals surface area contributed by atoms with Crippen LogP contribution in [-0.4, -0.2) is 45.2 Å². The minimum Gasteiger partial charge on any atom is -0.472 e. The molecular weight excluding hydrogens is 282 g/mol. The van der Waals surface area contributed by atoms with Crippen LogP contribution in [0.4, 0.5) is 0 Å². The third-order valence-corrected chi connectivity index (χ3v) is 4.33. The molecular formula is C16H21N3O3. The Morgan fingerprint density at radius 2 is 2.23 bits per heavy atom. The highest BCUT2D eigenvalue weighted by atomic mass is 16.3. The van der Waals surface area contributed by atoms with E-state index in [9.17, 15) is 9.90 Å². The van der Waals surface area contributed by atoms with Gasteiger partial charge < -0.3 is 19.0 Å². The van der Waals surface area contributed by atoms with E-state index in [4.69, 9.17) is 4.42 Å². The quantitative estimate of drug-likeness (QED) is 0.935. The Bertz CT molecular complexity index is 625. The van der Waals surface area contributed by atoms with Crippen LogP contribution in [0.15, 0.2) is 29.2 Å². The summed E-state index contributed by atoms with van der Waals surface area (Å²) in [5, 5.41) is 9.20. The highest BCUT2D eigenvalue weighted by Crippen LogP contribution is 2.28. The molecule has 0 aliphatic carbocycles. The van der Waals surface area contributed by atoms with E-state index in [0.29, 0.717) is 18.0 Å². The first-order chi connectivity index (χ1) is 10.7. The number of aromatic nitrogens is 2. The molecule has 2 aromatic heterocycles. The maximum absolute atomic E-state index is 12.3. The predicted octanol–water partition coefficient (Wildman–Crippen LogP) is 1.80. The second-order valence-electron chi connectivity index (χ2n) is 5.71. The lowest BCUT2D eigenvalue weighted by Gasteiger charge is -2.31. The van der Waals surface area contributed by atoms with Crippen LogP contribution < -0.4 is 0 Å². The number of carbonyl (C=O) groups is 1. The topological polar surface area (TPSA) is 71.5 Å². The van der Waals surface area contributed by atoms with Gasteiger partial charge in [0.2, 0.25) is 0 Å². The third-order valence-electron chi connectivity index (χ3n) is 4.33. The molecule has 6 nitrogen and oxygen atoms in total. The van der Waals surface area contributed by atoms with Gasteiger partial charge in [0.15, 0.2) is 0 Å². The molecule has 3 heterocycles. The fourth-order valence-corrected chi connectivity index (χ4v) is 3.11. The van der Waals surface area contributed by atoms with Crippen LogP contribution in [-0.2, 0) is 6.54 Å². The molecule has 0 atom stereocenters. The van der Waals surface area contributed by atoms with E-state index in [-0.39, 0.29) is 12.5 Å². The van der Waals surface area contributed by atoms with Gasteiger partial charge in [-0.1, -0.05) is 0 Å². The number of hydrogen-bond acceptors (Lipinski definition) is 4. The zero-order valence-corrected chi connectivity index (χ0v) is 12.7. The molecule has 3 rings (SSSR count). The molecule has 22 heavy (non-hydrogen) atoms. The Balaban J connectivity index is 1.66. The largest absolute Gasteiger partial charge is 0.472 e. The van der Waals surface area contributed by atoms with Crippen molar-refractivity contribution in [3.8, 4) is 0 Å². The number of carbonyl (C=O) groups excluding carboxylic acids is 1. The summed E-state index contributed by atoms with van der Waals surface area (Å²) in [6.45, 7) is 4.14. The summed E-state index contributed by atoms with van der Waals surface area (Å²) in [5.41, 5.74) is 1.68. The zero-order chi connectivity index (χ0) is 15.5. The molecule has 1 N–H and O–H groups in total. The summed E-state index contributed by atoms with van der Waals surface area (Å²) in [7, 11) is 0. The Hall–Kier alpha value is -2.08. The van der Waals surface area contributed by atoms with Gasteiger partial charge in [-0.25, -0.2) is 4.98 Å². The molecule has 1 amide bonds. The number of rotatable bonds is 4. The van der Waals surface area contributed by atoms with E-state index in [1.54, 1.807) is 6.07 Å². The van der Waals surface area contributed by atoms with Gasteiger partial charge in [0, 0.05) is 37.4 Å². The van der Waals surface area contributed by atoms with Gasteiger partial charge in [-0.05, 0) is 25.8 Å². The van der Waals surface area contributed by atoms with Crippen LogP contribution in [0.25, 0.3) is 0 Å².